The van der Waals surface area contributed by atoms with E-state index in [2.05, 4.69) is 0 Å². The summed E-state index contributed by atoms with van der Waals surface area (Å²) >= 11 is 0. The summed E-state index contributed by atoms with van der Waals surface area (Å²) in [7, 11) is 3.11. The quantitative estimate of drug-likeness (QED) is 0.786. The molecule has 0 saturated heterocycles. The minimum absolute atomic E-state index is 0.00338. The van der Waals surface area contributed by atoms with Gasteiger partial charge in [-0.1, -0.05) is 12.8 Å². The normalized spacial score (nSPS) is 19.6. The zero-order chi connectivity index (χ0) is 19.4. The molecule has 148 valence electrons. The van der Waals surface area contributed by atoms with Gasteiger partial charge in [0.2, 0.25) is 5.91 Å². The SMILES string of the molecule is COc1cc2c(cc1OC)C(CC(=O)O)N(C(=O)COC1CCCC1)CC2. The molecule has 1 fully saturated rings. The Morgan fingerprint density at radius 3 is 2.44 bits per heavy atom. The van der Waals surface area contributed by atoms with Crippen LogP contribution in [0.15, 0.2) is 12.1 Å². The summed E-state index contributed by atoms with van der Waals surface area (Å²) in [4.78, 5) is 25.9. The number of methoxy groups -OCH3 is 2. The molecular weight excluding hydrogens is 350 g/mol. The largest absolute Gasteiger partial charge is 0.493 e. The number of benzene rings is 1. The van der Waals surface area contributed by atoms with Crippen molar-refractivity contribution >= 4 is 11.9 Å². The highest BCUT2D eigenvalue weighted by Gasteiger charge is 2.34. The Kier molecular flexibility index (Phi) is 6.21. The number of ether oxygens (including phenoxy) is 3. The summed E-state index contributed by atoms with van der Waals surface area (Å²) in [5.74, 6) is 0.0311. The highest BCUT2D eigenvalue weighted by atomic mass is 16.5. The monoisotopic (exact) mass is 377 g/mol. The lowest BCUT2D eigenvalue weighted by Gasteiger charge is -2.37. The first kappa shape index (κ1) is 19.5. The van der Waals surface area contributed by atoms with Crippen LogP contribution >= 0.6 is 0 Å². The van der Waals surface area contributed by atoms with Crippen molar-refractivity contribution in [2.75, 3.05) is 27.4 Å². The van der Waals surface area contributed by atoms with Crippen molar-refractivity contribution in [2.45, 2.75) is 50.7 Å². The Morgan fingerprint density at radius 1 is 1.15 bits per heavy atom. The van der Waals surface area contributed by atoms with Crippen molar-refractivity contribution in [3.8, 4) is 11.5 Å². The summed E-state index contributed by atoms with van der Waals surface area (Å²) < 4.78 is 16.5. The van der Waals surface area contributed by atoms with E-state index in [0.717, 1.165) is 36.8 Å². The van der Waals surface area contributed by atoms with Crippen LogP contribution in [0.2, 0.25) is 0 Å². The third kappa shape index (κ3) is 4.35. The Morgan fingerprint density at radius 2 is 1.81 bits per heavy atom. The van der Waals surface area contributed by atoms with Crippen LogP contribution in [0.1, 0.15) is 49.3 Å². The van der Waals surface area contributed by atoms with Crippen molar-refractivity contribution in [1.82, 2.24) is 4.90 Å². The van der Waals surface area contributed by atoms with Gasteiger partial charge in [-0.25, -0.2) is 0 Å². The van der Waals surface area contributed by atoms with E-state index < -0.39 is 12.0 Å². The predicted octanol–water partition coefficient (Wildman–Crippen LogP) is 2.56. The standard InChI is InChI=1S/C20H27NO6/c1-25-17-9-13-7-8-21(19(22)12-27-14-5-3-4-6-14)16(11-20(23)24)15(13)10-18(17)26-2/h9-10,14,16H,3-8,11-12H2,1-2H3,(H,23,24). The summed E-state index contributed by atoms with van der Waals surface area (Å²) in [6.45, 7) is 0.469. The lowest BCUT2D eigenvalue weighted by Crippen LogP contribution is -2.43. The first-order chi connectivity index (χ1) is 13.0. The van der Waals surface area contributed by atoms with E-state index in [1.165, 1.54) is 7.11 Å². The Hall–Kier alpha value is -2.28. The van der Waals surface area contributed by atoms with Crippen molar-refractivity contribution < 1.29 is 28.9 Å². The van der Waals surface area contributed by atoms with E-state index in [9.17, 15) is 14.7 Å². The molecule has 2 aliphatic rings. The molecule has 1 N–H and O–H groups in total. The molecule has 1 aromatic rings. The fourth-order valence-corrected chi connectivity index (χ4v) is 4.04. The van der Waals surface area contributed by atoms with Crippen LogP contribution < -0.4 is 9.47 Å². The molecule has 7 heteroatoms. The highest BCUT2D eigenvalue weighted by Crippen LogP contribution is 2.39. The molecule has 7 nitrogen and oxygen atoms in total. The van der Waals surface area contributed by atoms with Crippen LogP contribution in [0.5, 0.6) is 11.5 Å². The van der Waals surface area contributed by atoms with Crippen LogP contribution in [0.4, 0.5) is 0 Å². The number of amides is 1. The topological polar surface area (TPSA) is 85.3 Å². The third-order valence-electron chi connectivity index (χ3n) is 5.44. The van der Waals surface area contributed by atoms with Gasteiger partial charge in [-0.3, -0.25) is 9.59 Å². The molecule has 1 amide bonds. The number of fused-ring (bicyclic) bond motifs is 1. The van der Waals surface area contributed by atoms with Gasteiger partial charge in [0.25, 0.3) is 0 Å². The zero-order valence-electron chi connectivity index (χ0n) is 15.9. The van der Waals surface area contributed by atoms with E-state index >= 15 is 0 Å². The van der Waals surface area contributed by atoms with Gasteiger partial charge in [0, 0.05) is 6.54 Å². The molecule has 27 heavy (non-hydrogen) atoms. The van der Waals surface area contributed by atoms with Gasteiger partial charge < -0.3 is 24.2 Å². The van der Waals surface area contributed by atoms with E-state index in [1.54, 1.807) is 18.1 Å². The maximum absolute atomic E-state index is 12.8. The second-order valence-corrected chi connectivity index (χ2v) is 7.07. The van der Waals surface area contributed by atoms with Gasteiger partial charge in [-0.05, 0) is 42.5 Å². The second-order valence-electron chi connectivity index (χ2n) is 7.07. The minimum atomic E-state index is -0.947. The van der Waals surface area contributed by atoms with E-state index in [-0.39, 0.29) is 25.0 Å². The average molecular weight is 377 g/mol. The number of nitrogens with zero attached hydrogens (tertiary/aromatic N) is 1. The molecule has 1 aromatic carbocycles. The van der Waals surface area contributed by atoms with Crippen LogP contribution in [-0.4, -0.2) is 55.4 Å². The zero-order valence-corrected chi connectivity index (χ0v) is 15.9. The second kappa shape index (κ2) is 8.61. The molecule has 1 heterocycles. The molecule has 3 rings (SSSR count). The Bertz CT molecular complexity index is 698. The van der Waals surface area contributed by atoms with E-state index in [0.29, 0.717) is 24.5 Å². The van der Waals surface area contributed by atoms with E-state index in [4.69, 9.17) is 14.2 Å². The number of hydrogen-bond donors (Lipinski definition) is 1. The first-order valence-corrected chi connectivity index (χ1v) is 9.41. The van der Waals surface area contributed by atoms with Gasteiger partial charge in [0.15, 0.2) is 11.5 Å². The molecule has 0 bridgehead atoms. The fraction of sp³-hybridized carbons (Fsp3) is 0.600. The lowest BCUT2D eigenvalue weighted by molar-refractivity contribution is -0.144. The van der Waals surface area contributed by atoms with Gasteiger partial charge in [-0.15, -0.1) is 0 Å². The molecule has 1 aliphatic carbocycles. The maximum atomic E-state index is 12.8. The lowest BCUT2D eigenvalue weighted by atomic mass is 9.90. The number of carboxylic acids is 1. The first-order valence-electron chi connectivity index (χ1n) is 9.41. The molecule has 1 aliphatic heterocycles. The molecule has 0 aromatic heterocycles. The molecule has 1 saturated carbocycles. The van der Waals surface area contributed by atoms with Crippen LogP contribution in [0, 0.1) is 0 Å². The van der Waals surface area contributed by atoms with Gasteiger partial charge in [0.05, 0.1) is 32.8 Å². The molecular formula is C20H27NO6. The van der Waals surface area contributed by atoms with E-state index in [1.807, 2.05) is 6.07 Å². The molecule has 0 radical (unpaired) electrons. The fourth-order valence-electron chi connectivity index (χ4n) is 4.04. The smallest absolute Gasteiger partial charge is 0.305 e. The molecule has 1 unspecified atom stereocenters. The van der Waals surface area contributed by atoms with Gasteiger partial charge in [0.1, 0.15) is 6.61 Å². The molecule has 1 atom stereocenters. The van der Waals surface area contributed by atoms with Crippen molar-refractivity contribution in [2.24, 2.45) is 0 Å². The maximum Gasteiger partial charge on any atom is 0.305 e. The summed E-state index contributed by atoms with van der Waals surface area (Å²) in [6.07, 6.45) is 4.89. The predicted molar refractivity (Wildman–Crippen MR) is 98.2 cm³/mol. The summed E-state index contributed by atoms with van der Waals surface area (Å²) in [5.41, 5.74) is 1.79. The summed E-state index contributed by atoms with van der Waals surface area (Å²) in [6, 6.07) is 3.13. The Labute approximate surface area is 159 Å². The van der Waals surface area contributed by atoms with Crippen LogP contribution in [0.25, 0.3) is 0 Å². The summed E-state index contributed by atoms with van der Waals surface area (Å²) in [5, 5.41) is 9.40. The minimum Gasteiger partial charge on any atom is -0.493 e. The number of hydrogen-bond acceptors (Lipinski definition) is 5. The number of aliphatic carboxylic acids is 1. The average Bonchev–Trinajstić information content (AvgIpc) is 3.18. The number of carbonyl (C=O) groups is 2. The van der Waals surface area contributed by atoms with Crippen LogP contribution in [-0.2, 0) is 20.7 Å². The highest BCUT2D eigenvalue weighted by molar-refractivity contribution is 5.80. The van der Waals surface area contributed by atoms with Gasteiger partial charge in [-0.2, -0.15) is 0 Å². The third-order valence-corrected chi connectivity index (χ3v) is 5.44. The van der Waals surface area contributed by atoms with Crippen molar-refractivity contribution in [3.63, 3.8) is 0 Å². The molecule has 0 spiro atoms. The van der Waals surface area contributed by atoms with Gasteiger partial charge >= 0.3 is 5.97 Å². The number of rotatable bonds is 7. The van der Waals surface area contributed by atoms with Crippen LogP contribution in [0.3, 0.4) is 0 Å². The number of carboxylic acid groups (broad SMARTS) is 1. The van der Waals surface area contributed by atoms with Crippen molar-refractivity contribution in [3.05, 3.63) is 23.3 Å². The van der Waals surface area contributed by atoms with Crippen molar-refractivity contribution in [1.29, 1.82) is 0 Å². The number of carbonyl (C=O) groups excluding carboxylic acids is 1. The Balaban J connectivity index is 1.82.